The molecule has 0 unspecified atom stereocenters. The van der Waals surface area contributed by atoms with Gasteiger partial charge in [0.15, 0.2) is 0 Å². The molecule has 0 heterocycles. The third-order valence-corrected chi connectivity index (χ3v) is 4.34. The van der Waals surface area contributed by atoms with E-state index in [2.05, 4.69) is 24.4 Å². The van der Waals surface area contributed by atoms with Gasteiger partial charge in [-0.25, -0.2) is 0 Å². The van der Waals surface area contributed by atoms with Crippen molar-refractivity contribution >= 4 is 35.0 Å². The summed E-state index contributed by atoms with van der Waals surface area (Å²) in [4.78, 5) is 12.0. The fourth-order valence-electron chi connectivity index (χ4n) is 1.93. The molecule has 0 spiro atoms. The van der Waals surface area contributed by atoms with Crippen molar-refractivity contribution < 1.29 is 4.79 Å². The summed E-state index contributed by atoms with van der Waals surface area (Å²) in [6.45, 7) is 2.06. The van der Waals surface area contributed by atoms with E-state index in [-0.39, 0.29) is 5.91 Å². The van der Waals surface area contributed by atoms with E-state index in [1.54, 1.807) is 18.2 Å². The topological polar surface area (TPSA) is 52.9 Å². The number of carbonyl (C=O) groups is 1. The Morgan fingerprint density at radius 1 is 1.32 bits per heavy atom. The van der Waals surface area contributed by atoms with Crippen LogP contribution in [0.4, 0.5) is 5.69 Å². The van der Waals surface area contributed by atoms with Gasteiger partial charge in [0.2, 0.25) is 5.91 Å². The second-order valence-corrected chi connectivity index (χ2v) is 6.19. The lowest BCUT2D eigenvalue weighted by molar-refractivity contribution is -0.113. The Hall–Kier alpha value is -1.96. The van der Waals surface area contributed by atoms with Crippen LogP contribution in [0.25, 0.3) is 0 Å². The number of thioether (sulfide) groups is 1. The predicted molar refractivity (Wildman–Crippen MR) is 92.1 cm³/mol. The van der Waals surface area contributed by atoms with Crippen LogP contribution in [-0.2, 0) is 10.5 Å². The zero-order chi connectivity index (χ0) is 15.9. The summed E-state index contributed by atoms with van der Waals surface area (Å²) in [6, 6.07) is 15.0. The molecule has 1 N–H and O–H groups in total. The van der Waals surface area contributed by atoms with E-state index in [0.29, 0.717) is 22.0 Å². The Morgan fingerprint density at radius 3 is 2.82 bits per heavy atom. The summed E-state index contributed by atoms with van der Waals surface area (Å²) in [6.07, 6.45) is 0. The van der Waals surface area contributed by atoms with Gasteiger partial charge in [0.25, 0.3) is 0 Å². The van der Waals surface area contributed by atoms with Gasteiger partial charge in [0, 0.05) is 10.8 Å². The van der Waals surface area contributed by atoms with Crippen LogP contribution < -0.4 is 5.32 Å². The summed E-state index contributed by atoms with van der Waals surface area (Å²) in [5.74, 6) is 0.962. The highest BCUT2D eigenvalue weighted by atomic mass is 35.5. The second-order valence-electron chi connectivity index (χ2n) is 4.77. The number of aryl methyl sites for hydroxylation is 1. The van der Waals surface area contributed by atoms with Crippen LogP contribution in [-0.4, -0.2) is 11.7 Å². The molecule has 3 nitrogen and oxygen atoms in total. The highest BCUT2D eigenvalue weighted by molar-refractivity contribution is 7.99. The number of nitrogens with zero attached hydrogens (tertiary/aromatic N) is 1. The number of rotatable bonds is 5. The maximum Gasteiger partial charge on any atom is 0.234 e. The molecular formula is C17H15ClN2OS. The van der Waals surface area contributed by atoms with Crippen molar-refractivity contribution in [3.8, 4) is 6.07 Å². The molecule has 0 saturated heterocycles. The monoisotopic (exact) mass is 330 g/mol. The molecule has 22 heavy (non-hydrogen) atoms. The minimum absolute atomic E-state index is 0.141. The number of carbonyl (C=O) groups excluding carboxylic acids is 1. The Bertz CT molecular complexity index is 725. The summed E-state index contributed by atoms with van der Waals surface area (Å²) in [7, 11) is 0. The number of nitrogens with one attached hydrogen (secondary N) is 1. The molecule has 2 rings (SSSR count). The molecule has 0 aliphatic carbocycles. The summed E-state index contributed by atoms with van der Waals surface area (Å²) in [5, 5.41) is 12.3. The zero-order valence-corrected chi connectivity index (χ0v) is 13.7. The van der Waals surface area contributed by atoms with Crippen molar-refractivity contribution in [1.29, 1.82) is 5.26 Å². The first-order chi connectivity index (χ1) is 10.6. The largest absolute Gasteiger partial charge is 0.324 e. The summed E-state index contributed by atoms with van der Waals surface area (Å²) < 4.78 is 0. The third-order valence-electron chi connectivity index (χ3n) is 3.13. The molecule has 112 valence electrons. The maximum atomic E-state index is 12.0. The SMILES string of the molecule is Cc1ccccc1CSCC(=O)Nc1cc(Cl)ccc1C#N. The van der Waals surface area contributed by atoms with Gasteiger partial charge in [-0.05, 0) is 36.2 Å². The van der Waals surface area contributed by atoms with Gasteiger partial charge in [0.1, 0.15) is 6.07 Å². The number of halogens is 1. The first-order valence-corrected chi connectivity index (χ1v) is 8.25. The Balaban J connectivity index is 1.90. The zero-order valence-electron chi connectivity index (χ0n) is 12.1. The van der Waals surface area contributed by atoms with E-state index in [1.807, 2.05) is 18.2 Å². The summed E-state index contributed by atoms with van der Waals surface area (Å²) in [5.41, 5.74) is 3.30. The molecule has 0 saturated carbocycles. The van der Waals surface area contributed by atoms with Crippen LogP contribution in [0.5, 0.6) is 0 Å². The number of nitriles is 1. The molecule has 2 aromatic carbocycles. The molecule has 0 aliphatic heterocycles. The van der Waals surface area contributed by atoms with Crippen LogP contribution in [0.2, 0.25) is 5.02 Å². The Labute approximate surface area is 139 Å². The fraction of sp³-hybridized carbons (Fsp3) is 0.176. The van der Waals surface area contributed by atoms with Crippen LogP contribution in [0.3, 0.4) is 0 Å². The van der Waals surface area contributed by atoms with E-state index in [1.165, 1.54) is 22.9 Å². The molecule has 2 aromatic rings. The minimum atomic E-state index is -0.141. The Kier molecular flexibility index (Phi) is 5.88. The number of benzene rings is 2. The molecule has 0 bridgehead atoms. The molecule has 0 aliphatic rings. The van der Waals surface area contributed by atoms with Crippen molar-refractivity contribution in [1.82, 2.24) is 0 Å². The van der Waals surface area contributed by atoms with Gasteiger partial charge in [-0.1, -0.05) is 35.9 Å². The summed E-state index contributed by atoms with van der Waals surface area (Å²) >= 11 is 7.43. The second kappa shape index (κ2) is 7.88. The normalized spacial score (nSPS) is 10.0. The Morgan fingerprint density at radius 2 is 2.09 bits per heavy atom. The number of amides is 1. The van der Waals surface area contributed by atoms with Gasteiger partial charge < -0.3 is 5.32 Å². The van der Waals surface area contributed by atoms with Gasteiger partial charge in [0.05, 0.1) is 17.0 Å². The van der Waals surface area contributed by atoms with Gasteiger partial charge in [-0.3, -0.25) is 4.79 Å². The first kappa shape index (κ1) is 16.4. The first-order valence-electron chi connectivity index (χ1n) is 6.72. The van der Waals surface area contributed by atoms with E-state index in [9.17, 15) is 4.79 Å². The van der Waals surface area contributed by atoms with Crippen molar-refractivity contribution in [2.45, 2.75) is 12.7 Å². The van der Waals surface area contributed by atoms with Crippen LogP contribution in [0.1, 0.15) is 16.7 Å². The third kappa shape index (κ3) is 4.52. The molecule has 0 aromatic heterocycles. The quantitative estimate of drug-likeness (QED) is 0.884. The minimum Gasteiger partial charge on any atom is -0.324 e. The highest BCUT2D eigenvalue weighted by Crippen LogP contribution is 2.21. The van der Waals surface area contributed by atoms with Gasteiger partial charge in [-0.2, -0.15) is 5.26 Å². The highest BCUT2D eigenvalue weighted by Gasteiger charge is 2.08. The van der Waals surface area contributed by atoms with Crippen molar-refractivity contribution in [3.63, 3.8) is 0 Å². The number of anilines is 1. The molecule has 0 atom stereocenters. The molecule has 1 amide bonds. The lowest BCUT2D eigenvalue weighted by atomic mass is 10.1. The van der Waals surface area contributed by atoms with Crippen molar-refractivity contribution in [2.75, 3.05) is 11.1 Å². The maximum absolute atomic E-state index is 12.0. The van der Waals surface area contributed by atoms with Crippen molar-refractivity contribution in [3.05, 3.63) is 64.2 Å². The lowest BCUT2D eigenvalue weighted by Gasteiger charge is -2.08. The molecule has 5 heteroatoms. The smallest absolute Gasteiger partial charge is 0.234 e. The lowest BCUT2D eigenvalue weighted by Crippen LogP contribution is -2.15. The average molecular weight is 331 g/mol. The van der Waals surface area contributed by atoms with Gasteiger partial charge >= 0.3 is 0 Å². The fourth-order valence-corrected chi connectivity index (χ4v) is 3.00. The standard InChI is InChI=1S/C17H15ClN2OS/c1-12-4-2-3-5-14(12)10-22-11-17(21)20-16-8-15(18)7-6-13(16)9-19/h2-8H,10-11H2,1H3,(H,20,21). The predicted octanol–water partition coefficient (Wildman–Crippen LogP) is 4.39. The van der Waals surface area contributed by atoms with E-state index in [0.717, 1.165) is 5.75 Å². The van der Waals surface area contributed by atoms with E-state index >= 15 is 0 Å². The molecule has 0 fully saturated rings. The molecule has 0 radical (unpaired) electrons. The number of hydrogen-bond acceptors (Lipinski definition) is 3. The number of hydrogen-bond donors (Lipinski definition) is 1. The van der Waals surface area contributed by atoms with E-state index in [4.69, 9.17) is 16.9 Å². The van der Waals surface area contributed by atoms with Gasteiger partial charge in [-0.15, -0.1) is 11.8 Å². The van der Waals surface area contributed by atoms with Crippen LogP contribution >= 0.6 is 23.4 Å². The van der Waals surface area contributed by atoms with Crippen molar-refractivity contribution in [2.24, 2.45) is 0 Å². The average Bonchev–Trinajstić information content (AvgIpc) is 2.49. The van der Waals surface area contributed by atoms with Crippen LogP contribution in [0, 0.1) is 18.3 Å². The molecular weight excluding hydrogens is 316 g/mol. The van der Waals surface area contributed by atoms with E-state index < -0.39 is 0 Å². The van der Waals surface area contributed by atoms with Crippen LogP contribution in [0.15, 0.2) is 42.5 Å².